The number of alkyl halides is 1. The number of unbranched alkanes of at least 4 members (excludes halogenated alkanes) is 9. The summed E-state index contributed by atoms with van der Waals surface area (Å²) in [5.74, 6) is 0. The lowest BCUT2D eigenvalue weighted by molar-refractivity contribution is 0.613. The molecule has 0 aromatic carbocycles. The average Bonchev–Trinajstić information content (AvgIpc) is 2.45. The fourth-order valence-corrected chi connectivity index (χ4v) is 2.67. The molecule has 0 saturated carbocycles. The van der Waals surface area contributed by atoms with Crippen LogP contribution in [0, 0.1) is 0 Å². The lowest BCUT2D eigenvalue weighted by Gasteiger charge is -2.00. The van der Waals surface area contributed by atoms with Gasteiger partial charge in [0.1, 0.15) is 0 Å². The van der Waals surface area contributed by atoms with Gasteiger partial charge >= 0.3 is 0 Å². The van der Waals surface area contributed by atoms with E-state index in [-0.39, 0.29) is 0 Å². The van der Waals surface area contributed by atoms with Crippen LogP contribution < -0.4 is 0 Å². The van der Waals surface area contributed by atoms with E-state index in [0.717, 1.165) is 6.42 Å². The molecule has 0 aliphatic heterocycles. The summed E-state index contributed by atoms with van der Waals surface area (Å²) in [5, 5.41) is 1.17. The second-order valence-corrected chi connectivity index (χ2v) is 6.61. The van der Waals surface area contributed by atoms with Crippen LogP contribution >= 0.6 is 15.9 Å². The van der Waals surface area contributed by atoms with Gasteiger partial charge in [-0.2, -0.15) is 0 Å². The Morgan fingerprint density at radius 1 is 0.800 bits per heavy atom. The van der Waals surface area contributed by atoms with Crippen LogP contribution in [0.25, 0.3) is 0 Å². The zero-order valence-electron chi connectivity index (χ0n) is 13.8. The number of hydrogen-bond acceptors (Lipinski definition) is 0. The Morgan fingerprint density at radius 2 is 1.45 bits per heavy atom. The smallest absolute Gasteiger partial charge is 0.00313 e. The first kappa shape index (κ1) is 20.0. The maximum atomic E-state index is 3.48. The van der Waals surface area contributed by atoms with Gasteiger partial charge < -0.3 is 0 Å². The Morgan fingerprint density at radius 3 is 2.15 bits per heavy atom. The summed E-state index contributed by atoms with van der Waals surface area (Å²) in [4.78, 5) is 0. The quantitative estimate of drug-likeness (QED) is 0.173. The monoisotopic (exact) mass is 342 g/mol. The van der Waals surface area contributed by atoms with Crippen LogP contribution in [-0.4, -0.2) is 5.33 Å². The first-order valence-corrected chi connectivity index (χ1v) is 9.80. The van der Waals surface area contributed by atoms with Crippen molar-refractivity contribution >= 4 is 15.9 Å². The molecule has 1 heteroatoms. The minimum atomic E-state index is 1.15. The van der Waals surface area contributed by atoms with E-state index in [4.69, 9.17) is 0 Å². The maximum Gasteiger partial charge on any atom is 0.00313 e. The fourth-order valence-electron chi connectivity index (χ4n) is 2.28. The third-order valence-corrected chi connectivity index (χ3v) is 4.22. The molecule has 0 amide bonds. The van der Waals surface area contributed by atoms with Crippen molar-refractivity contribution in [1.29, 1.82) is 0 Å². The van der Waals surface area contributed by atoms with Crippen molar-refractivity contribution in [2.24, 2.45) is 0 Å². The summed E-state index contributed by atoms with van der Waals surface area (Å²) in [6.07, 6.45) is 23.2. The predicted octanol–water partition coefficient (Wildman–Crippen LogP) is 7.58. The highest BCUT2D eigenvalue weighted by atomic mass is 79.9. The Bertz CT molecular complexity index is 240. The van der Waals surface area contributed by atoms with E-state index in [0.29, 0.717) is 0 Å². The Balaban J connectivity index is 3.37. The van der Waals surface area contributed by atoms with Crippen molar-refractivity contribution in [2.75, 3.05) is 5.33 Å². The maximum absolute atomic E-state index is 3.48. The van der Waals surface area contributed by atoms with Crippen LogP contribution in [0.1, 0.15) is 90.9 Å². The summed E-state index contributed by atoms with van der Waals surface area (Å²) >= 11 is 3.48. The standard InChI is InChI=1S/C19H35Br/c1-3-4-5-6-10-13-16-19(2)17-14-11-8-7-9-12-15-18-20/h10,13,17H,3-9,11-12,14-16,18H2,1-2H3. The van der Waals surface area contributed by atoms with Gasteiger partial charge in [-0.15, -0.1) is 0 Å². The van der Waals surface area contributed by atoms with E-state index in [1.165, 1.54) is 81.5 Å². The number of rotatable bonds is 14. The Kier molecular flexibility index (Phi) is 17.0. The van der Waals surface area contributed by atoms with E-state index < -0.39 is 0 Å². The van der Waals surface area contributed by atoms with Crippen LogP contribution in [0.5, 0.6) is 0 Å². The van der Waals surface area contributed by atoms with Crippen molar-refractivity contribution in [2.45, 2.75) is 90.9 Å². The zero-order valence-corrected chi connectivity index (χ0v) is 15.4. The summed E-state index contributed by atoms with van der Waals surface area (Å²) in [6.45, 7) is 4.53. The first-order chi connectivity index (χ1) is 9.81. The fraction of sp³-hybridized carbons (Fsp3) is 0.789. The number of allylic oxidation sites excluding steroid dienone is 4. The molecule has 0 unspecified atom stereocenters. The first-order valence-electron chi connectivity index (χ1n) is 8.67. The van der Waals surface area contributed by atoms with Gasteiger partial charge in [-0.3, -0.25) is 0 Å². The topological polar surface area (TPSA) is 0 Å². The number of halogens is 1. The highest BCUT2D eigenvalue weighted by Crippen LogP contribution is 2.11. The second kappa shape index (κ2) is 17.0. The van der Waals surface area contributed by atoms with Gasteiger partial charge in [0, 0.05) is 5.33 Å². The van der Waals surface area contributed by atoms with Gasteiger partial charge in [-0.25, -0.2) is 0 Å². The normalized spacial score (nSPS) is 12.4. The molecule has 0 heterocycles. The average molecular weight is 343 g/mol. The molecule has 0 nitrogen and oxygen atoms in total. The Hall–Kier alpha value is -0.0400. The molecule has 0 spiro atoms. The largest absolute Gasteiger partial charge is 0.0928 e. The summed E-state index contributed by atoms with van der Waals surface area (Å²) in [7, 11) is 0. The predicted molar refractivity (Wildman–Crippen MR) is 97.8 cm³/mol. The van der Waals surface area contributed by atoms with Crippen LogP contribution in [0.2, 0.25) is 0 Å². The van der Waals surface area contributed by atoms with Gasteiger partial charge in [0.2, 0.25) is 0 Å². The summed E-state index contributed by atoms with van der Waals surface area (Å²) < 4.78 is 0. The lowest BCUT2D eigenvalue weighted by atomic mass is 10.1. The van der Waals surface area contributed by atoms with Crippen LogP contribution in [-0.2, 0) is 0 Å². The SMILES string of the molecule is CCCCCC=CCC(C)=CCCCCCCCCBr. The van der Waals surface area contributed by atoms with Gasteiger partial charge in [0.15, 0.2) is 0 Å². The van der Waals surface area contributed by atoms with Crippen molar-refractivity contribution < 1.29 is 0 Å². The molecule has 0 aliphatic rings. The number of hydrogen-bond donors (Lipinski definition) is 0. The van der Waals surface area contributed by atoms with Gasteiger partial charge in [0.25, 0.3) is 0 Å². The highest BCUT2D eigenvalue weighted by molar-refractivity contribution is 9.09. The molecule has 118 valence electrons. The molecule has 0 aliphatic carbocycles. The summed E-state index contributed by atoms with van der Waals surface area (Å²) in [5.41, 5.74) is 1.54. The molecule has 0 bridgehead atoms. The van der Waals surface area contributed by atoms with Crippen LogP contribution in [0.4, 0.5) is 0 Å². The van der Waals surface area contributed by atoms with Crippen molar-refractivity contribution in [3.05, 3.63) is 23.8 Å². The zero-order chi connectivity index (χ0) is 14.9. The van der Waals surface area contributed by atoms with E-state index in [1.807, 2.05) is 0 Å². The lowest BCUT2D eigenvalue weighted by Crippen LogP contribution is -1.81. The summed E-state index contributed by atoms with van der Waals surface area (Å²) in [6, 6.07) is 0. The molecule has 0 rings (SSSR count). The van der Waals surface area contributed by atoms with E-state index in [9.17, 15) is 0 Å². The molecule has 0 aromatic heterocycles. The van der Waals surface area contributed by atoms with E-state index in [1.54, 1.807) is 0 Å². The Labute approximate surface area is 136 Å². The third-order valence-electron chi connectivity index (χ3n) is 3.66. The van der Waals surface area contributed by atoms with Gasteiger partial charge in [-0.1, -0.05) is 85.2 Å². The molecular weight excluding hydrogens is 308 g/mol. The molecule has 0 atom stereocenters. The molecule has 0 fully saturated rings. The molecule has 0 radical (unpaired) electrons. The van der Waals surface area contributed by atoms with E-state index >= 15 is 0 Å². The van der Waals surface area contributed by atoms with E-state index in [2.05, 4.69) is 48.0 Å². The van der Waals surface area contributed by atoms with Crippen molar-refractivity contribution in [1.82, 2.24) is 0 Å². The van der Waals surface area contributed by atoms with Crippen LogP contribution in [0.3, 0.4) is 0 Å². The van der Waals surface area contributed by atoms with Crippen LogP contribution in [0.15, 0.2) is 23.8 Å². The molecule has 0 aromatic rings. The highest BCUT2D eigenvalue weighted by Gasteiger charge is 1.91. The van der Waals surface area contributed by atoms with Crippen molar-refractivity contribution in [3.8, 4) is 0 Å². The second-order valence-electron chi connectivity index (χ2n) is 5.82. The van der Waals surface area contributed by atoms with Gasteiger partial charge in [0.05, 0.1) is 0 Å². The molecule has 0 N–H and O–H groups in total. The third kappa shape index (κ3) is 16.0. The van der Waals surface area contributed by atoms with Crippen molar-refractivity contribution in [3.63, 3.8) is 0 Å². The molecular formula is C19H35Br. The molecule has 20 heavy (non-hydrogen) atoms. The molecule has 0 saturated heterocycles. The van der Waals surface area contributed by atoms with Gasteiger partial charge in [-0.05, 0) is 45.4 Å². The minimum absolute atomic E-state index is 1.15. The minimum Gasteiger partial charge on any atom is -0.0928 e.